The molecule has 0 radical (unpaired) electrons. The lowest BCUT2D eigenvalue weighted by atomic mass is 9.92. The second-order valence-corrected chi connectivity index (χ2v) is 10.9. The summed E-state index contributed by atoms with van der Waals surface area (Å²) in [5.74, 6) is -0.255. The molecule has 1 heterocycles. The molecule has 1 aliphatic heterocycles. The molecule has 2 amide bonds. The lowest BCUT2D eigenvalue weighted by molar-refractivity contribution is -0.128. The first-order chi connectivity index (χ1) is 15.4. The van der Waals surface area contributed by atoms with E-state index in [4.69, 9.17) is 5.14 Å². The highest BCUT2D eigenvalue weighted by atomic mass is 32.2. The number of carbonyl (C=O) groups excluding carboxylic acids is 2. The van der Waals surface area contributed by atoms with Crippen LogP contribution >= 0.6 is 0 Å². The summed E-state index contributed by atoms with van der Waals surface area (Å²) in [4.78, 5) is 26.8. The van der Waals surface area contributed by atoms with Gasteiger partial charge in [0, 0.05) is 19.5 Å². The molecular weight excluding hydrogens is 422 g/mol. The Morgan fingerprint density at radius 3 is 2.22 bits per heavy atom. The number of hydrogen-bond acceptors (Lipinski definition) is 3. The number of nitrogens with zero attached hydrogens (tertiary/aromatic N) is 2. The molecule has 0 bridgehead atoms. The Kier molecular flexibility index (Phi) is 5.63. The summed E-state index contributed by atoms with van der Waals surface area (Å²) >= 11 is 0. The number of likely N-dealkylation sites (tertiary alicyclic amines) is 1. The average Bonchev–Trinajstić information content (AvgIpc) is 3.49. The number of aryl methyl sites for hydroxylation is 2. The summed E-state index contributed by atoms with van der Waals surface area (Å²) in [6.07, 6.45) is 8.07. The van der Waals surface area contributed by atoms with Crippen molar-refractivity contribution in [2.75, 3.05) is 6.54 Å². The third-order valence-electron chi connectivity index (χ3n) is 6.97. The summed E-state index contributed by atoms with van der Waals surface area (Å²) in [5, 5.41) is 6.03. The number of fused-ring (bicyclic) bond motifs is 2. The first kappa shape index (κ1) is 21.3. The van der Waals surface area contributed by atoms with E-state index in [-0.39, 0.29) is 12.3 Å². The number of amides is 2. The van der Waals surface area contributed by atoms with Crippen LogP contribution in [0.25, 0.3) is 0 Å². The third-order valence-corrected chi connectivity index (χ3v) is 8.39. The van der Waals surface area contributed by atoms with Crippen LogP contribution in [0.4, 0.5) is 0 Å². The van der Waals surface area contributed by atoms with Gasteiger partial charge >= 0.3 is 0 Å². The minimum atomic E-state index is -3.32. The molecule has 6 nitrogen and oxygen atoms in total. The largest absolute Gasteiger partial charge is 0.338 e. The molecule has 2 N–H and O–H groups in total. The molecule has 1 fully saturated rings. The van der Waals surface area contributed by atoms with Crippen LogP contribution in [-0.4, -0.2) is 27.5 Å². The fraction of sp³-hybridized carbons (Fsp3) is 0.440. The summed E-state index contributed by atoms with van der Waals surface area (Å²) in [7, 11) is -3.32. The van der Waals surface area contributed by atoms with Gasteiger partial charge in [0.25, 0.3) is 5.91 Å². The van der Waals surface area contributed by atoms with Crippen molar-refractivity contribution in [1.29, 1.82) is 0 Å². The number of nitrogens with two attached hydrogens (primary N) is 1. The second kappa shape index (κ2) is 8.45. The predicted molar refractivity (Wildman–Crippen MR) is 123 cm³/mol. The Balaban J connectivity index is 1.35. The molecule has 2 aliphatic carbocycles. The van der Waals surface area contributed by atoms with Crippen LogP contribution in [0.15, 0.2) is 39.6 Å². The van der Waals surface area contributed by atoms with Gasteiger partial charge in [-0.15, -0.1) is 4.36 Å². The Hall–Kier alpha value is -2.51. The Morgan fingerprint density at radius 1 is 0.969 bits per heavy atom. The Labute approximate surface area is 189 Å². The SMILES string of the molecule is NS(=O)(=NC(=O)Cc1c2c(cc3c1CCC3)CCC2)c1ccc(CN2CCCC2=O)cc1. The molecular formula is C25H29N3O3S. The molecule has 7 heteroatoms. The van der Waals surface area contributed by atoms with Crippen molar-refractivity contribution in [3.8, 4) is 0 Å². The summed E-state index contributed by atoms with van der Waals surface area (Å²) < 4.78 is 17.1. The molecule has 168 valence electrons. The smallest absolute Gasteiger partial charge is 0.259 e. The number of rotatable bonds is 5. The maximum atomic E-state index is 13.1. The standard InChI is InChI=1S/C25H29N3O3S/c26-32(31,20-11-9-17(10-12-20)16-28-13-3-8-25(28)30)27-24(29)15-23-21-6-1-4-18(21)14-19-5-2-7-22(19)23/h9-12,14H,1-8,13,15-16H2,(H2,26,27,29,31). The van der Waals surface area contributed by atoms with Gasteiger partial charge in [0.1, 0.15) is 9.92 Å². The average molecular weight is 452 g/mol. The monoisotopic (exact) mass is 451 g/mol. The van der Waals surface area contributed by atoms with Gasteiger partial charge in [-0.05, 0) is 90.5 Å². The minimum Gasteiger partial charge on any atom is -0.338 e. The van der Waals surface area contributed by atoms with Crippen LogP contribution in [0.3, 0.4) is 0 Å². The molecule has 0 saturated carbocycles. The zero-order valence-electron chi connectivity index (χ0n) is 18.3. The zero-order chi connectivity index (χ0) is 22.3. The maximum absolute atomic E-state index is 13.1. The van der Waals surface area contributed by atoms with Gasteiger partial charge in [0.15, 0.2) is 0 Å². The van der Waals surface area contributed by atoms with Crippen LogP contribution in [0.1, 0.15) is 59.1 Å². The zero-order valence-corrected chi connectivity index (χ0v) is 19.1. The van der Waals surface area contributed by atoms with E-state index >= 15 is 0 Å². The highest BCUT2D eigenvalue weighted by Crippen LogP contribution is 2.35. The number of hydrogen-bond donors (Lipinski definition) is 1. The highest BCUT2D eigenvalue weighted by molar-refractivity contribution is 7.91. The van der Waals surface area contributed by atoms with Crippen molar-refractivity contribution in [2.24, 2.45) is 9.50 Å². The van der Waals surface area contributed by atoms with Crippen LogP contribution in [0, 0.1) is 0 Å². The molecule has 1 unspecified atom stereocenters. The van der Waals surface area contributed by atoms with Crippen molar-refractivity contribution in [1.82, 2.24) is 4.90 Å². The molecule has 0 spiro atoms. The molecule has 5 rings (SSSR count). The Bertz CT molecular complexity index is 1180. The van der Waals surface area contributed by atoms with E-state index in [1.807, 2.05) is 17.0 Å². The molecule has 32 heavy (non-hydrogen) atoms. The first-order valence-electron chi connectivity index (χ1n) is 11.5. The third kappa shape index (κ3) is 4.11. The van der Waals surface area contributed by atoms with E-state index < -0.39 is 15.8 Å². The van der Waals surface area contributed by atoms with Crippen molar-refractivity contribution in [2.45, 2.75) is 69.2 Å². The molecule has 2 aromatic rings. The van der Waals surface area contributed by atoms with Gasteiger partial charge in [-0.2, -0.15) is 0 Å². The second-order valence-electron chi connectivity index (χ2n) is 9.13. The van der Waals surface area contributed by atoms with Crippen molar-refractivity contribution in [3.63, 3.8) is 0 Å². The normalized spacial score (nSPS) is 19.0. The van der Waals surface area contributed by atoms with Gasteiger partial charge in [-0.3, -0.25) is 9.59 Å². The van der Waals surface area contributed by atoms with Crippen LogP contribution in [-0.2, 0) is 58.2 Å². The van der Waals surface area contributed by atoms with Crippen LogP contribution < -0.4 is 5.14 Å². The Morgan fingerprint density at radius 2 is 1.62 bits per heavy atom. The quantitative estimate of drug-likeness (QED) is 0.756. The van der Waals surface area contributed by atoms with E-state index in [1.54, 1.807) is 12.1 Å². The van der Waals surface area contributed by atoms with Crippen molar-refractivity contribution in [3.05, 3.63) is 63.7 Å². The van der Waals surface area contributed by atoms with Gasteiger partial charge in [0.05, 0.1) is 11.3 Å². The van der Waals surface area contributed by atoms with Crippen molar-refractivity contribution >= 4 is 21.7 Å². The summed E-state index contributed by atoms with van der Waals surface area (Å²) in [5.41, 5.74) is 7.41. The molecule has 0 aromatic heterocycles. The van der Waals surface area contributed by atoms with Gasteiger partial charge in [-0.25, -0.2) is 9.35 Å². The molecule has 1 atom stereocenters. The van der Waals surface area contributed by atoms with Gasteiger partial charge < -0.3 is 4.90 Å². The highest BCUT2D eigenvalue weighted by Gasteiger charge is 2.25. The van der Waals surface area contributed by atoms with Gasteiger partial charge in [-0.1, -0.05) is 18.2 Å². The fourth-order valence-electron chi connectivity index (χ4n) is 5.42. The summed E-state index contributed by atoms with van der Waals surface area (Å²) in [6, 6.07) is 9.27. The van der Waals surface area contributed by atoms with E-state index in [9.17, 15) is 13.8 Å². The van der Waals surface area contributed by atoms with E-state index in [2.05, 4.69) is 10.4 Å². The van der Waals surface area contributed by atoms with Gasteiger partial charge in [0.2, 0.25) is 5.91 Å². The first-order valence-corrected chi connectivity index (χ1v) is 13.1. The number of benzene rings is 2. The molecule has 3 aliphatic rings. The fourth-order valence-corrected chi connectivity index (χ4v) is 6.42. The maximum Gasteiger partial charge on any atom is 0.259 e. The lowest BCUT2D eigenvalue weighted by Crippen LogP contribution is -2.23. The van der Waals surface area contributed by atoms with E-state index in [1.165, 1.54) is 22.3 Å². The summed E-state index contributed by atoms with van der Waals surface area (Å²) in [6.45, 7) is 1.30. The minimum absolute atomic E-state index is 0.163. The topological polar surface area (TPSA) is 92.8 Å². The lowest BCUT2D eigenvalue weighted by Gasteiger charge is -2.16. The van der Waals surface area contributed by atoms with Crippen molar-refractivity contribution < 1.29 is 13.8 Å². The predicted octanol–water partition coefficient (Wildman–Crippen LogP) is 3.26. The molecule has 1 saturated heterocycles. The number of carbonyl (C=O) groups is 2. The van der Waals surface area contributed by atoms with Crippen LogP contribution in [0.2, 0.25) is 0 Å². The van der Waals surface area contributed by atoms with E-state index in [0.717, 1.165) is 62.6 Å². The molecule has 2 aromatic carbocycles. The van der Waals surface area contributed by atoms with E-state index in [0.29, 0.717) is 17.9 Å². The van der Waals surface area contributed by atoms with Crippen LogP contribution in [0.5, 0.6) is 0 Å².